The van der Waals surface area contributed by atoms with E-state index in [1.54, 1.807) is 11.9 Å². The molecular formula is C21H28FNS. The van der Waals surface area contributed by atoms with E-state index in [0.29, 0.717) is 6.54 Å². The Bertz CT molecular complexity index is 638. The molecule has 2 aromatic carbocycles. The number of halogens is 1. The van der Waals surface area contributed by atoms with Gasteiger partial charge in [-0.25, -0.2) is 8.70 Å². The van der Waals surface area contributed by atoms with Gasteiger partial charge >= 0.3 is 0 Å². The van der Waals surface area contributed by atoms with Crippen LogP contribution in [0.25, 0.3) is 0 Å². The second-order valence-corrected chi connectivity index (χ2v) is 8.43. The topological polar surface area (TPSA) is 3.24 Å². The van der Waals surface area contributed by atoms with E-state index in [-0.39, 0.29) is 12.1 Å². The fourth-order valence-corrected chi connectivity index (χ4v) is 3.73. The standard InChI is InChI=1S/C21H28FNS/c1-16-13-19(21(3,4)5)14-17(2)20(16)24-23(12-11-22)15-18-9-7-6-8-10-18/h6-10,13-14H,11-12,15H2,1-5H3. The molecule has 0 saturated carbocycles. The molecule has 3 heteroatoms. The summed E-state index contributed by atoms with van der Waals surface area (Å²) >= 11 is 1.67. The molecule has 0 bridgehead atoms. The molecule has 0 heterocycles. The van der Waals surface area contributed by atoms with Gasteiger partial charge in [-0.2, -0.15) is 0 Å². The van der Waals surface area contributed by atoms with Gasteiger partial charge in [0.1, 0.15) is 6.67 Å². The van der Waals surface area contributed by atoms with Crippen molar-refractivity contribution in [3.8, 4) is 0 Å². The van der Waals surface area contributed by atoms with Gasteiger partial charge in [-0.15, -0.1) is 0 Å². The first kappa shape index (κ1) is 19.0. The zero-order valence-electron chi connectivity index (χ0n) is 15.4. The summed E-state index contributed by atoms with van der Waals surface area (Å²) in [6, 6.07) is 14.8. The Balaban J connectivity index is 2.23. The third-order valence-corrected chi connectivity index (χ3v) is 5.48. The highest BCUT2D eigenvalue weighted by Gasteiger charge is 2.18. The number of rotatable bonds is 6. The second-order valence-electron chi connectivity index (χ2n) is 7.32. The first-order chi connectivity index (χ1) is 11.3. The summed E-state index contributed by atoms with van der Waals surface area (Å²) in [5.74, 6) is 0. The number of aryl methyl sites for hydroxylation is 2. The van der Waals surface area contributed by atoms with E-state index in [0.717, 1.165) is 6.54 Å². The molecule has 0 atom stereocenters. The fourth-order valence-electron chi connectivity index (χ4n) is 2.69. The number of benzene rings is 2. The number of alkyl halides is 1. The number of hydrogen-bond donors (Lipinski definition) is 0. The SMILES string of the molecule is Cc1cc(C(C)(C)C)cc(C)c1SN(CCF)Cc1ccccc1. The summed E-state index contributed by atoms with van der Waals surface area (Å²) in [7, 11) is 0. The van der Waals surface area contributed by atoms with Gasteiger partial charge in [-0.3, -0.25) is 0 Å². The second kappa shape index (κ2) is 8.17. The summed E-state index contributed by atoms with van der Waals surface area (Å²) < 4.78 is 15.1. The molecule has 0 aliphatic carbocycles. The monoisotopic (exact) mass is 345 g/mol. The Kier molecular flexibility index (Phi) is 6.47. The maximum absolute atomic E-state index is 13.0. The molecule has 0 spiro atoms. The van der Waals surface area contributed by atoms with Crippen molar-refractivity contribution in [2.24, 2.45) is 0 Å². The largest absolute Gasteiger partial charge is 0.250 e. The zero-order valence-corrected chi connectivity index (χ0v) is 16.2. The van der Waals surface area contributed by atoms with Crippen LogP contribution in [-0.2, 0) is 12.0 Å². The van der Waals surface area contributed by atoms with Crippen molar-refractivity contribution >= 4 is 11.9 Å². The highest BCUT2D eigenvalue weighted by atomic mass is 32.2. The van der Waals surface area contributed by atoms with Crippen LogP contribution in [0.4, 0.5) is 4.39 Å². The van der Waals surface area contributed by atoms with Crippen molar-refractivity contribution in [3.05, 3.63) is 64.7 Å². The maximum Gasteiger partial charge on any atom is 0.103 e. The molecule has 130 valence electrons. The maximum atomic E-state index is 13.0. The molecular weight excluding hydrogens is 317 g/mol. The van der Waals surface area contributed by atoms with Crippen LogP contribution >= 0.6 is 11.9 Å². The van der Waals surface area contributed by atoms with Crippen molar-refractivity contribution in [2.75, 3.05) is 13.2 Å². The minimum Gasteiger partial charge on any atom is -0.250 e. The van der Waals surface area contributed by atoms with Gasteiger partial charge in [0.05, 0.1) is 0 Å². The smallest absolute Gasteiger partial charge is 0.103 e. The van der Waals surface area contributed by atoms with Crippen LogP contribution in [-0.4, -0.2) is 17.5 Å². The predicted octanol–water partition coefficient (Wildman–Crippen LogP) is 6.08. The summed E-state index contributed by atoms with van der Waals surface area (Å²) in [5.41, 5.74) is 5.23. The summed E-state index contributed by atoms with van der Waals surface area (Å²) in [6.45, 7) is 11.9. The van der Waals surface area contributed by atoms with Crippen molar-refractivity contribution in [3.63, 3.8) is 0 Å². The molecule has 0 fully saturated rings. The molecule has 2 rings (SSSR count). The van der Waals surface area contributed by atoms with Crippen molar-refractivity contribution in [1.82, 2.24) is 4.31 Å². The number of hydrogen-bond acceptors (Lipinski definition) is 2. The van der Waals surface area contributed by atoms with E-state index >= 15 is 0 Å². The average molecular weight is 346 g/mol. The molecule has 0 aliphatic rings. The van der Waals surface area contributed by atoms with E-state index in [9.17, 15) is 4.39 Å². The van der Waals surface area contributed by atoms with E-state index in [2.05, 4.69) is 63.2 Å². The van der Waals surface area contributed by atoms with Gasteiger partial charge in [0, 0.05) is 18.0 Å². The van der Waals surface area contributed by atoms with E-state index in [4.69, 9.17) is 0 Å². The van der Waals surface area contributed by atoms with E-state index in [1.165, 1.54) is 27.1 Å². The first-order valence-corrected chi connectivity index (χ1v) is 9.23. The van der Waals surface area contributed by atoms with Gasteiger partial charge in [-0.1, -0.05) is 63.2 Å². The Labute approximate surface area is 150 Å². The van der Waals surface area contributed by atoms with Crippen molar-refractivity contribution in [1.29, 1.82) is 0 Å². The normalized spacial score (nSPS) is 12.0. The lowest BCUT2D eigenvalue weighted by Gasteiger charge is -2.25. The van der Waals surface area contributed by atoms with Gasteiger partial charge in [-0.05, 0) is 53.5 Å². The molecule has 0 unspecified atom stereocenters. The molecule has 0 saturated heterocycles. The fraction of sp³-hybridized carbons (Fsp3) is 0.429. The van der Waals surface area contributed by atoms with Crippen LogP contribution in [0.5, 0.6) is 0 Å². The Morgan fingerprint density at radius 3 is 2.08 bits per heavy atom. The minimum absolute atomic E-state index is 0.140. The Morgan fingerprint density at radius 1 is 1.00 bits per heavy atom. The lowest BCUT2D eigenvalue weighted by Crippen LogP contribution is -2.19. The lowest BCUT2D eigenvalue weighted by molar-refractivity contribution is 0.381. The lowest BCUT2D eigenvalue weighted by atomic mass is 9.85. The van der Waals surface area contributed by atoms with Gasteiger partial charge in [0.15, 0.2) is 0 Å². The van der Waals surface area contributed by atoms with Crippen LogP contribution in [0.3, 0.4) is 0 Å². The summed E-state index contributed by atoms with van der Waals surface area (Å²) in [5, 5.41) is 0. The van der Waals surface area contributed by atoms with E-state index in [1.807, 2.05) is 18.2 Å². The molecule has 2 aromatic rings. The molecule has 0 radical (unpaired) electrons. The van der Waals surface area contributed by atoms with Crippen molar-refractivity contribution < 1.29 is 4.39 Å². The molecule has 0 N–H and O–H groups in total. The minimum atomic E-state index is -0.335. The van der Waals surface area contributed by atoms with Crippen LogP contribution in [0, 0.1) is 13.8 Å². The highest BCUT2D eigenvalue weighted by Crippen LogP contribution is 2.34. The third-order valence-electron chi connectivity index (χ3n) is 4.08. The molecule has 0 aliphatic heterocycles. The van der Waals surface area contributed by atoms with Crippen molar-refractivity contribution in [2.45, 2.75) is 51.5 Å². The molecule has 0 aromatic heterocycles. The zero-order chi connectivity index (χ0) is 17.7. The molecule has 24 heavy (non-hydrogen) atoms. The Hall–Kier alpha value is -1.32. The number of nitrogens with zero attached hydrogens (tertiary/aromatic N) is 1. The highest BCUT2D eigenvalue weighted by molar-refractivity contribution is 7.97. The van der Waals surface area contributed by atoms with Gasteiger partial charge < -0.3 is 0 Å². The summed E-state index contributed by atoms with van der Waals surface area (Å²) in [4.78, 5) is 1.24. The molecule has 0 amide bonds. The van der Waals surface area contributed by atoms with Gasteiger partial charge in [0.25, 0.3) is 0 Å². The quantitative estimate of drug-likeness (QED) is 0.584. The predicted molar refractivity (Wildman–Crippen MR) is 103 cm³/mol. The van der Waals surface area contributed by atoms with Crippen LogP contribution in [0.15, 0.2) is 47.4 Å². The van der Waals surface area contributed by atoms with Crippen LogP contribution in [0.2, 0.25) is 0 Å². The van der Waals surface area contributed by atoms with Gasteiger partial charge in [0.2, 0.25) is 0 Å². The average Bonchev–Trinajstić information content (AvgIpc) is 2.51. The first-order valence-electron chi connectivity index (χ1n) is 8.46. The molecule has 1 nitrogen and oxygen atoms in total. The van der Waals surface area contributed by atoms with Crippen LogP contribution in [0.1, 0.15) is 43.0 Å². The Morgan fingerprint density at radius 2 is 1.58 bits per heavy atom. The van der Waals surface area contributed by atoms with E-state index < -0.39 is 0 Å². The third kappa shape index (κ3) is 5.09. The summed E-state index contributed by atoms with van der Waals surface area (Å²) in [6.07, 6.45) is 0. The van der Waals surface area contributed by atoms with Crippen LogP contribution < -0.4 is 0 Å².